The molecule has 1 atom stereocenters. The molecule has 190 valence electrons. The summed E-state index contributed by atoms with van der Waals surface area (Å²) < 4.78 is 2.16. The highest BCUT2D eigenvalue weighted by molar-refractivity contribution is 6.20. The van der Waals surface area contributed by atoms with Gasteiger partial charge in [-0.15, -0.1) is 11.6 Å². The van der Waals surface area contributed by atoms with Gasteiger partial charge in [-0.25, -0.2) is 0 Å². The molecule has 1 N–H and O–H groups in total. The average molecular weight is 502 g/mol. The van der Waals surface area contributed by atoms with E-state index in [1.165, 1.54) is 0 Å². The van der Waals surface area contributed by atoms with Crippen molar-refractivity contribution < 1.29 is 24.3 Å². The summed E-state index contributed by atoms with van der Waals surface area (Å²) in [6, 6.07) is 4.17. The number of carbonyl (C=O) groups excluding carboxylic acids is 3. The molecule has 0 amide bonds. The quantitative estimate of drug-likeness (QED) is 0.206. The molecule has 35 heavy (non-hydrogen) atoms. The van der Waals surface area contributed by atoms with Gasteiger partial charge in [0.1, 0.15) is 13.6 Å². The number of aryl methyl sites for hydroxylation is 3. The topological polar surface area (TPSA) is 93.4 Å². The SMILES string of the molecule is C=C/C=C(\C=C/CCl)C(=O)c1c2n(c3cc(C)cc(C)c13)CCC[C@@H]2CC(=O)O.C=O.C=O.CC. The summed E-state index contributed by atoms with van der Waals surface area (Å²) in [6.45, 7) is 16.6. The number of hydrogen-bond acceptors (Lipinski definition) is 4. The molecule has 0 saturated heterocycles. The van der Waals surface area contributed by atoms with Crippen LogP contribution in [0.1, 0.15) is 66.2 Å². The van der Waals surface area contributed by atoms with Crippen LogP contribution in [-0.2, 0) is 20.9 Å². The summed E-state index contributed by atoms with van der Waals surface area (Å²) in [4.78, 5) is 41.2. The number of fused-ring (bicyclic) bond motifs is 3. The number of carbonyl (C=O) groups is 4. The third-order valence-corrected chi connectivity index (χ3v) is 5.64. The lowest BCUT2D eigenvalue weighted by Crippen LogP contribution is -2.20. The summed E-state index contributed by atoms with van der Waals surface area (Å²) in [6.07, 6.45) is 8.39. The number of rotatable bonds is 7. The van der Waals surface area contributed by atoms with E-state index in [9.17, 15) is 14.7 Å². The molecule has 0 spiro atoms. The van der Waals surface area contributed by atoms with Crippen LogP contribution in [0.4, 0.5) is 0 Å². The van der Waals surface area contributed by atoms with E-state index in [1.807, 2.05) is 41.3 Å². The van der Waals surface area contributed by atoms with E-state index >= 15 is 0 Å². The monoisotopic (exact) mass is 501 g/mol. The van der Waals surface area contributed by atoms with Gasteiger partial charge in [-0.2, -0.15) is 0 Å². The predicted octanol–water partition coefficient (Wildman–Crippen LogP) is 6.36. The van der Waals surface area contributed by atoms with Crippen molar-refractivity contribution in [2.45, 2.75) is 59.4 Å². The molecule has 0 aliphatic carbocycles. The van der Waals surface area contributed by atoms with Crippen LogP contribution >= 0.6 is 11.6 Å². The van der Waals surface area contributed by atoms with Crippen molar-refractivity contribution in [3.8, 4) is 0 Å². The Morgan fingerprint density at radius 2 is 1.80 bits per heavy atom. The summed E-state index contributed by atoms with van der Waals surface area (Å²) in [5, 5.41) is 10.4. The molecule has 1 aromatic heterocycles. The number of Topliss-reactive ketones (excluding diaryl/α,β-unsaturated/α-hetero) is 1. The number of allylic oxidation sites excluding steroid dienone is 5. The van der Waals surface area contributed by atoms with Crippen molar-refractivity contribution >= 4 is 47.8 Å². The number of aromatic nitrogens is 1. The fourth-order valence-electron chi connectivity index (χ4n) is 4.46. The molecule has 7 heteroatoms. The Balaban J connectivity index is 0.00000179. The molecule has 1 aromatic carbocycles. The largest absolute Gasteiger partial charge is 0.481 e. The van der Waals surface area contributed by atoms with E-state index in [0.717, 1.165) is 47.1 Å². The van der Waals surface area contributed by atoms with E-state index in [0.29, 0.717) is 17.0 Å². The molecule has 3 rings (SSSR count). The first-order valence-electron chi connectivity index (χ1n) is 11.4. The number of carboxylic acids is 1. The van der Waals surface area contributed by atoms with Gasteiger partial charge in [-0.3, -0.25) is 9.59 Å². The van der Waals surface area contributed by atoms with Crippen LogP contribution in [0.3, 0.4) is 0 Å². The molecule has 0 radical (unpaired) electrons. The molecule has 2 aromatic rings. The Labute approximate surface area is 213 Å². The zero-order valence-electron chi connectivity index (χ0n) is 21.1. The normalized spacial score (nSPS) is 14.4. The number of benzene rings is 1. The van der Waals surface area contributed by atoms with Crippen LogP contribution in [-0.4, -0.2) is 40.9 Å². The second kappa shape index (κ2) is 16.4. The van der Waals surface area contributed by atoms with Crippen molar-refractivity contribution in [1.82, 2.24) is 4.57 Å². The van der Waals surface area contributed by atoms with Gasteiger partial charge in [-0.05, 0) is 43.9 Å². The number of carboxylic acid groups (broad SMARTS) is 1. The standard InChI is InChI=1S/C24H26ClNO3.C2H6.2CH2O/c1-4-7-17(8-5-10-25)24(29)22-21-16(3)12-15(2)13-19(21)26-11-6-9-18(23(22)26)14-20(27)28;3*1-2/h4-5,7-8,12-13,18H,1,6,9-11,14H2,2-3H3,(H,27,28);1-2H3;2*1H2/b8-5-,17-7+;;;/t18-;;;/m1.../s1. The van der Waals surface area contributed by atoms with Gasteiger partial charge >= 0.3 is 5.97 Å². The van der Waals surface area contributed by atoms with Gasteiger partial charge < -0.3 is 19.3 Å². The van der Waals surface area contributed by atoms with E-state index in [4.69, 9.17) is 21.2 Å². The van der Waals surface area contributed by atoms with Crippen molar-refractivity contribution in [3.63, 3.8) is 0 Å². The number of nitrogens with zero attached hydrogens (tertiary/aromatic N) is 1. The minimum atomic E-state index is -0.844. The van der Waals surface area contributed by atoms with Gasteiger partial charge in [0.05, 0.1) is 12.0 Å². The third-order valence-electron chi connectivity index (χ3n) is 5.46. The van der Waals surface area contributed by atoms with Crippen LogP contribution in [0, 0.1) is 13.8 Å². The molecular formula is C28H36ClNO5. The van der Waals surface area contributed by atoms with Gasteiger partial charge in [0.15, 0.2) is 5.78 Å². The van der Waals surface area contributed by atoms with Crippen molar-refractivity contribution in [2.24, 2.45) is 0 Å². The Morgan fingerprint density at radius 3 is 2.34 bits per heavy atom. The maximum Gasteiger partial charge on any atom is 0.304 e. The van der Waals surface area contributed by atoms with Crippen molar-refractivity contribution in [2.75, 3.05) is 5.88 Å². The van der Waals surface area contributed by atoms with Crippen molar-refractivity contribution in [3.05, 3.63) is 71.0 Å². The van der Waals surface area contributed by atoms with E-state index in [2.05, 4.69) is 23.3 Å². The number of halogens is 1. The van der Waals surface area contributed by atoms with Crippen LogP contribution < -0.4 is 0 Å². The number of aliphatic carboxylic acids is 1. The Hall–Kier alpha value is -3.25. The lowest BCUT2D eigenvalue weighted by Gasteiger charge is -2.25. The second-order valence-electron chi connectivity index (χ2n) is 7.57. The van der Waals surface area contributed by atoms with E-state index in [-0.39, 0.29) is 18.1 Å². The maximum atomic E-state index is 13.7. The van der Waals surface area contributed by atoms with Gasteiger partial charge in [0.2, 0.25) is 0 Å². The second-order valence-corrected chi connectivity index (χ2v) is 7.88. The highest BCUT2D eigenvalue weighted by atomic mass is 35.5. The Bertz CT molecular complexity index is 1080. The lowest BCUT2D eigenvalue weighted by molar-refractivity contribution is -0.137. The summed E-state index contributed by atoms with van der Waals surface area (Å²) in [5.74, 6) is -0.844. The fraction of sp³-hybridized carbons (Fsp3) is 0.357. The number of alkyl halides is 1. The highest BCUT2D eigenvalue weighted by Gasteiger charge is 2.33. The summed E-state index contributed by atoms with van der Waals surface area (Å²) in [5.41, 5.74) is 5.13. The molecule has 1 aliphatic rings. The number of hydrogen-bond donors (Lipinski definition) is 1. The molecule has 1 aliphatic heterocycles. The number of ketones is 1. The first-order valence-corrected chi connectivity index (χ1v) is 11.9. The molecular weight excluding hydrogens is 466 g/mol. The minimum Gasteiger partial charge on any atom is -0.481 e. The van der Waals surface area contributed by atoms with Gasteiger partial charge in [0, 0.05) is 40.5 Å². The first kappa shape index (κ1) is 31.8. The van der Waals surface area contributed by atoms with E-state index in [1.54, 1.807) is 24.3 Å². The van der Waals surface area contributed by atoms with E-state index < -0.39 is 5.97 Å². The molecule has 0 saturated carbocycles. The zero-order chi connectivity index (χ0) is 27.1. The minimum absolute atomic E-state index is 0.0205. The third kappa shape index (κ3) is 7.62. The zero-order valence-corrected chi connectivity index (χ0v) is 21.9. The molecule has 0 bridgehead atoms. The van der Waals surface area contributed by atoms with Crippen LogP contribution in [0.15, 0.2) is 48.6 Å². The highest BCUT2D eigenvalue weighted by Crippen LogP contribution is 2.41. The smallest absolute Gasteiger partial charge is 0.304 e. The maximum absolute atomic E-state index is 13.7. The molecule has 0 fully saturated rings. The first-order chi connectivity index (χ1) is 16.9. The summed E-state index contributed by atoms with van der Waals surface area (Å²) >= 11 is 5.79. The van der Waals surface area contributed by atoms with Gasteiger partial charge in [-0.1, -0.05) is 50.8 Å². The predicted molar refractivity (Wildman–Crippen MR) is 144 cm³/mol. The average Bonchev–Trinajstić information content (AvgIpc) is 3.20. The van der Waals surface area contributed by atoms with Gasteiger partial charge in [0.25, 0.3) is 0 Å². The van der Waals surface area contributed by atoms with Crippen LogP contribution in [0.5, 0.6) is 0 Å². The summed E-state index contributed by atoms with van der Waals surface area (Å²) in [7, 11) is 0. The molecule has 2 heterocycles. The molecule has 0 unspecified atom stereocenters. The van der Waals surface area contributed by atoms with Crippen molar-refractivity contribution in [1.29, 1.82) is 0 Å². The Kier molecular flexibility index (Phi) is 14.9. The fourth-order valence-corrected chi connectivity index (χ4v) is 4.55. The van der Waals surface area contributed by atoms with Crippen LogP contribution in [0.25, 0.3) is 10.9 Å². The Morgan fingerprint density at radius 1 is 1.17 bits per heavy atom. The lowest BCUT2D eigenvalue weighted by atomic mass is 9.87. The molecule has 6 nitrogen and oxygen atoms in total. The van der Waals surface area contributed by atoms with Crippen LogP contribution in [0.2, 0.25) is 0 Å².